The highest BCUT2D eigenvalue weighted by molar-refractivity contribution is 5.70. The van der Waals surface area contributed by atoms with E-state index in [0.717, 1.165) is 31.5 Å². The lowest BCUT2D eigenvalue weighted by Gasteiger charge is -2.33. The van der Waals surface area contributed by atoms with Crippen molar-refractivity contribution in [3.8, 4) is 0 Å². The molecule has 1 N–H and O–H groups in total. The minimum Gasteiger partial charge on any atom is -0.457 e. The summed E-state index contributed by atoms with van der Waals surface area (Å²) in [5.74, 6) is -0.112. The summed E-state index contributed by atoms with van der Waals surface area (Å²) in [6, 6.07) is 0. The van der Waals surface area contributed by atoms with E-state index < -0.39 is 18.3 Å². The number of hydrogen-bond donors (Lipinski definition) is 1. The molecule has 3 rings (SSSR count). The molecule has 2 saturated heterocycles. The second-order valence-corrected chi connectivity index (χ2v) is 12.9. The van der Waals surface area contributed by atoms with E-state index in [0.29, 0.717) is 39.0 Å². The number of piperazine rings is 1. The number of esters is 1. The molecular formula is C33H53N3O7. The number of cyclic esters (lactones) is 1. The van der Waals surface area contributed by atoms with Gasteiger partial charge in [-0.05, 0) is 56.7 Å². The van der Waals surface area contributed by atoms with Crippen LogP contribution in [0.15, 0.2) is 36.0 Å². The molecule has 0 saturated carbocycles. The zero-order chi connectivity index (χ0) is 31.5. The van der Waals surface area contributed by atoms with Gasteiger partial charge in [-0.25, -0.2) is 9.59 Å². The van der Waals surface area contributed by atoms with Gasteiger partial charge >= 0.3 is 18.2 Å². The zero-order valence-electron chi connectivity index (χ0n) is 26.9. The molecule has 0 aromatic heterocycles. The van der Waals surface area contributed by atoms with E-state index in [1.54, 1.807) is 4.90 Å². The quantitative estimate of drug-likeness (QED) is 0.203. The van der Waals surface area contributed by atoms with Gasteiger partial charge in [-0.1, -0.05) is 52.0 Å². The summed E-state index contributed by atoms with van der Waals surface area (Å²) < 4.78 is 17.5. The van der Waals surface area contributed by atoms with Crippen molar-refractivity contribution < 1.29 is 33.7 Å². The second-order valence-electron chi connectivity index (χ2n) is 12.9. The van der Waals surface area contributed by atoms with Crippen molar-refractivity contribution in [3.05, 3.63) is 36.0 Å². The summed E-state index contributed by atoms with van der Waals surface area (Å²) in [5.41, 5.74) is 0.890. The summed E-state index contributed by atoms with van der Waals surface area (Å²) in [4.78, 5) is 43.6. The summed E-state index contributed by atoms with van der Waals surface area (Å²) in [6.07, 6.45) is 10.4. The Morgan fingerprint density at radius 2 is 1.77 bits per heavy atom. The molecule has 0 aliphatic carbocycles. The van der Waals surface area contributed by atoms with Crippen LogP contribution in [0, 0.1) is 23.7 Å². The van der Waals surface area contributed by atoms with Crippen molar-refractivity contribution >= 4 is 18.2 Å². The number of amides is 2. The third kappa shape index (κ3) is 11.3. The lowest BCUT2D eigenvalue weighted by molar-refractivity contribution is -0.149. The number of rotatable bonds is 6. The molecule has 0 bridgehead atoms. The Hall–Kier alpha value is -2.85. The first kappa shape index (κ1) is 34.6. The van der Waals surface area contributed by atoms with Crippen molar-refractivity contribution in [2.24, 2.45) is 23.7 Å². The van der Waals surface area contributed by atoms with Crippen LogP contribution in [0.25, 0.3) is 0 Å². The van der Waals surface area contributed by atoms with Gasteiger partial charge in [0.25, 0.3) is 0 Å². The van der Waals surface area contributed by atoms with Crippen molar-refractivity contribution in [1.29, 1.82) is 0 Å². The SMILES string of the molecule is C/C(=C\C=C/[C@@H](C)COC(=O)N1CC[C@@H](O)C1)[C@H]1OC(=O)C[C@H](C)CC[C@H](C)[C@@H](OC(=O)N2CCN(C)CC2)/C=C/[C@@H]1C. The standard InChI is InChI=1S/C33H53N3O7/c1-23-10-11-25(3)29(42-33(40)35-18-16-34(6)17-19-35)13-12-27(5)31(43-30(38)20-23)26(4)9-7-8-24(2)22-41-32(39)36-15-14-28(37)21-36/h7-9,12-13,23-25,27-29,31,37H,10-11,14-22H2,1-6H3/b8-7-,13-12+,26-9+/t23-,24-,25+,27+,28-,29+,31-/m1/s1. The van der Waals surface area contributed by atoms with Gasteiger partial charge in [0.2, 0.25) is 0 Å². The molecule has 10 heteroatoms. The van der Waals surface area contributed by atoms with Gasteiger partial charge in [0.15, 0.2) is 0 Å². The number of likely N-dealkylation sites (N-methyl/N-ethyl adjacent to an activating group) is 1. The number of hydrogen-bond acceptors (Lipinski definition) is 8. The average Bonchev–Trinajstić information content (AvgIpc) is 3.41. The van der Waals surface area contributed by atoms with Crippen molar-refractivity contribution in [2.45, 2.75) is 78.6 Å². The highest BCUT2D eigenvalue weighted by Gasteiger charge is 2.29. The third-order valence-electron chi connectivity index (χ3n) is 8.67. The minimum atomic E-state index is -0.477. The van der Waals surface area contributed by atoms with Gasteiger partial charge in [-0.3, -0.25) is 4.79 Å². The van der Waals surface area contributed by atoms with Crippen molar-refractivity contribution in [1.82, 2.24) is 14.7 Å². The van der Waals surface area contributed by atoms with E-state index in [1.165, 1.54) is 4.90 Å². The first-order valence-corrected chi connectivity index (χ1v) is 15.9. The maximum absolute atomic E-state index is 13.0. The van der Waals surface area contributed by atoms with Crippen LogP contribution in [0.5, 0.6) is 0 Å². The normalized spacial score (nSPS) is 31.6. The summed E-state index contributed by atoms with van der Waals surface area (Å²) >= 11 is 0. The molecule has 0 aromatic carbocycles. The summed E-state index contributed by atoms with van der Waals surface area (Å²) in [5, 5.41) is 9.63. The number of allylic oxidation sites excluding steroid dienone is 2. The van der Waals surface area contributed by atoms with Crippen LogP contribution in [0.2, 0.25) is 0 Å². The third-order valence-corrected chi connectivity index (χ3v) is 8.67. The van der Waals surface area contributed by atoms with E-state index in [4.69, 9.17) is 14.2 Å². The summed E-state index contributed by atoms with van der Waals surface area (Å²) in [6.45, 7) is 14.1. The molecular weight excluding hydrogens is 550 g/mol. The van der Waals surface area contributed by atoms with Gasteiger partial charge in [0.1, 0.15) is 12.2 Å². The molecule has 3 heterocycles. The predicted molar refractivity (Wildman–Crippen MR) is 165 cm³/mol. The van der Waals surface area contributed by atoms with Gasteiger partial charge in [-0.2, -0.15) is 0 Å². The van der Waals surface area contributed by atoms with Gasteiger partial charge < -0.3 is 34.0 Å². The molecule has 0 aromatic rings. The largest absolute Gasteiger partial charge is 0.457 e. The Labute approximate surface area is 257 Å². The highest BCUT2D eigenvalue weighted by Crippen LogP contribution is 2.26. The first-order chi connectivity index (χ1) is 20.4. The average molecular weight is 604 g/mol. The Bertz CT molecular complexity index is 1020. The highest BCUT2D eigenvalue weighted by atomic mass is 16.6. The fourth-order valence-electron chi connectivity index (χ4n) is 5.56. The van der Waals surface area contributed by atoms with E-state index in [9.17, 15) is 19.5 Å². The smallest absolute Gasteiger partial charge is 0.410 e. The van der Waals surface area contributed by atoms with Crippen LogP contribution in [0.3, 0.4) is 0 Å². The molecule has 10 nitrogen and oxygen atoms in total. The Morgan fingerprint density at radius 3 is 2.44 bits per heavy atom. The van der Waals surface area contributed by atoms with Gasteiger partial charge in [0.05, 0.1) is 12.7 Å². The Kier molecular flexibility index (Phi) is 13.6. The fourth-order valence-corrected chi connectivity index (χ4v) is 5.56. The van der Waals surface area contributed by atoms with E-state index in [1.807, 2.05) is 51.2 Å². The fraction of sp³-hybridized carbons (Fsp3) is 0.727. The molecule has 2 amide bonds. The lowest BCUT2D eigenvalue weighted by atomic mass is 9.90. The lowest BCUT2D eigenvalue weighted by Crippen LogP contribution is -2.48. The van der Waals surface area contributed by atoms with E-state index in [-0.39, 0.29) is 48.4 Å². The molecule has 242 valence electrons. The molecule has 7 atom stereocenters. The monoisotopic (exact) mass is 603 g/mol. The number of carbonyl (C=O) groups excluding carboxylic acids is 3. The van der Waals surface area contributed by atoms with Gasteiger partial charge in [-0.15, -0.1) is 0 Å². The molecule has 0 spiro atoms. The van der Waals surface area contributed by atoms with Crippen molar-refractivity contribution in [2.75, 3.05) is 52.9 Å². The number of aliphatic hydroxyl groups excluding tert-OH is 1. The van der Waals surface area contributed by atoms with Crippen LogP contribution in [-0.2, 0) is 19.0 Å². The maximum atomic E-state index is 13.0. The number of aliphatic hydroxyl groups is 1. The van der Waals surface area contributed by atoms with Crippen LogP contribution >= 0.6 is 0 Å². The Balaban J connectivity index is 1.66. The Morgan fingerprint density at radius 1 is 1.05 bits per heavy atom. The molecule has 43 heavy (non-hydrogen) atoms. The molecule has 3 aliphatic heterocycles. The molecule has 3 aliphatic rings. The number of carbonyl (C=O) groups is 3. The molecule has 2 fully saturated rings. The van der Waals surface area contributed by atoms with E-state index >= 15 is 0 Å². The predicted octanol–water partition coefficient (Wildman–Crippen LogP) is 4.64. The zero-order valence-corrected chi connectivity index (χ0v) is 26.9. The summed E-state index contributed by atoms with van der Waals surface area (Å²) in [7, 11) is 2.05. The first-order valence-electron chi connectivity index (χ1n) is 15.9. The number of likely N-dealkylation sites (tertiary alicyclic amines) is 1. The van der Waals surface area contributed by atoms with Crippen LogP contribution in [-0.4, -0.2) is 109 Å². The van der Waals surface area contributed by atoms with E-state index in [2.05, 4.69) is 25.8 Å². The maximum Gasteiger partial charge on any atom is 0.410 e. The van der Waals surface area contributed by atoms with Crippen LogP contribution in [0.4, 0.5) is 9.59 Å². The van der Waals surface area contributed by atoms with Crippen LogP contribution in [0.1, 0.15) is 60.3 Å². The molecule has 0 unspecified atom stereocenters. The molecule has 0 radical (unpaired) electrons. The van der Waals surface area contributed by atoms with Crippen molar-refractivity contribution in [3.63, 3.8) is 0 Å². The second kappa shape index (κ2) is 16.9. The number of ether oxygens (including phenoxy) is 3. The number of nitrogens with zero attached hydrogens (tertiary/aromatic N) is 3. The number of β-amino-alcohol motifs (C(OH)–C–C–N with tert-alkyl or cyclic N) is 1. The van der Waals surface area contributed by atoms with Gasteiger partial charge in [0, 0.05) is 57.5 Å². The van der Waals surface area contributed by atoms with Crippen LogP contribution < -0.4 is 0 Å². The minimum absolute atomic E-state index is 0.0187. The topological polar surface area (TPSA) is 109 Å².